The molecule has 6 nitrogen and oxygen atoms in total. The van der Waals surface area contributed by atoms with E-state index in [1.807, 2.05) is 22.9 Å². The lowest BCUT2D eigenvalue weighted by Crippen LogP contribution is -2.33. The summed E-state index contributed by atoms with van der Waals surface area (Å²) in [6.45, 7) is 1.11. The Hall–Kier alpha value is -3.19. The summed E-state index contributed by atoms with van der Waals surface area (Å²) in [5.41, 5.74) is 1.93. The van der Waals surface area contributed by atoms with E-state index in [1.54, 1.807) is 52.8 Å². The van der Waals surface area contributed by atoms with Crippen molar-refractivity contribution in [1.29, 1.82) is 0 Å². The molecule has 2 aromatic heterocycles. The molecule has 0 N–H and O–H groups in total. The van der Waals surface area contributed by atoms with E-state index in [4.69, 9.17) is 4.42 Å². The minimum absolute atomic E-state index is 0.0378. The number of carbonyl (C=O) groups excluding carboxylic acids is 3. The van der Waals surface area contributed by atoms with Crippen molar-refractivity contribution < 1.29 is 18.8 Å². The van der Waals surface area contributed by atoms with Crippen molar-refractivity contribution in [3.63, 3.8) is 0 Å². The van der Waals surface area contributed by atoms with Crippen LogP contribution in [0.15, 0.2) is 63.9 Å². The van der Waals surface area contributed by atoms with Crippen LogP contribution in [-0.4, -0.2) is 34.1 Å². The molecule has 1 aliphatic rings. The Morgan fingerprint density at radius 1 is 1.00 bits per heavy atom. The maximum Gasteiger partial charge on any atom is 0.261 e. The van der Waals surface area contributed by atoms with Crippen molar-refractivity contribution in [1.82, 2.24) is 9.80 Å². The molecular weight excluding hydrogens is 388 g/mol. The molecule has 0 atom stereocenters. The predicted molar refractivity (Wildman–Crippen MR) is 108 cm³/mol. The van der Waals surface area contributed by atoms with Gasteiger partial charge in [-0.25, -0.2) is 0 Å². The van der Waals surface area contributed by atoms with Gasteiger partial charge >= 0.3 is 0 Å². The van der Waals surface area contributed by atoms with Crippen molar-refractivity contribution >= 4 is 29.1 Å². The van der Waals surface area contributed by atoms with E-state index in [0.717, 1.165) is 5.56 Å². The molecule has 0 bridgehead atoms. The van der Waals surface area contributed by atoms with Gasteiger partial charge in [0.15, 0.2) is 0 Å². The number of nitrogens with zero attached hydrogens (tertiary/aromatic N) is 2. The maximum atomic E-state index is 12.9. The minimum atomic E-state index is -0.288. The number of benzene rings is 1. The van der Waals surface area contributed by atoms with Gasteiger partial charge in [0.25, 0.3) is 11.8 Å². The highest BCUT2D eigenvalue weighted by atomic mass is 32.1. The van der Waals surface area contributed by atoms with Crippen LogP contribution in [0.3, 0.4) is 0 Å². The molecule has 3 heterocycles. The maximum absolute atomic E-state index is 12.9. The first kappa shape index (κ1) is 19.1. The number of imide groups is 1. The Morgan fingerprint density at radius 3 is 2.38 bits per heavy atom. The van der Waals surface area contributed by atoms with Crippen molar-refractivity contribution in [2.24, 2.45) is 0 Å². The summed E-state index contributed by atoms with van der Waals surface area (Å²) in [5.74, 6) is 0.102. The van der Waals surface area contributed by atoms with Crippen LogP contribution in [0.1, 0.15) is 44.9 Å². The molecule has 0 saturated carbocycles. The Balaban J connectivity index is 1.37. The fraction of sp³-hybridized carbons (Fsp3) is 0.227. The fourth-order valence-corrected chi connectivity index (χ4v) is 4.07. The Morgan fingerprint density at radius 2 is 1.76 bits per heavy atom. The molecule has 0 fully saturated rings. The molecule has 1 aliphatic heterocycles. The summed E-state index contributed by atoms with van der Waals surface area (Å²) in [4.78, 5) is 40.7. The van der Waals surface area contributed by atoms with Gasteiger partial charge in [-0.2, -0.15) is 11.3 Å². The van der Waals surface area contributed by atoms with Gasteiger partial charge in [-0.15, -0.1) is 0 Å². The van der Waals surface area contributed by atoms with Crippen molar-refractivity contribution in [2.75, 3.05) is 6.54 Å². The summed E-state index contributed by atoms with van der Waals surface area (Å²) < 4.78 is 5.39. The molecule has 0 unspecified atom stereocenters. The van der Waals surface area contributed by atoms with E-state index in [-0.39, 0.29) is 30.7 Å². The normalized spacial score (nSPS) is 13.0. The first-order valence-electron chi connectivity index (χ1n) is 9.40. The van der Waals surface area contributed by atoms with Crippen LogP contribution in [0.2, 0.25) is 0 Å². The molecule has 4 rings (SSSR count). The Labute approximate surface area is 172 Å². The van der Waals surface area contributed by atoms with E-state index in [9.17, 15) is 14.4 Å². The van der Waals surface area contributed by atoms with Crippen molar-refractivity contribution in [3.05, 3.63) is 81.9 Å². The molecule has 0 aliphatic carbocycles. The lowest BCUT2D eigenvalue weighted by Gasteiger charge is -2.22. The molecule has 148 valence electrons. The van der Waals surface area contributed by atoms with Gasteiger partial charge in [-0.3, -0.25) is 19.3 Å². The number of furan rings is 1. The number of rotatable bonds is 8. The van der Waals surface area contributed by atoms with E-state index < -0.39 is 0 Å². The number of fused-ring (bicyclic) bond motifs is 1. The minimum Gasteiger partial charge on any atom is -0.467 e. The molecule has 29 heavy (non-hydrogen) atoms. The van der Waals surface area contributed by atoms with Crippen molar-refractivity contribution in [3.8, 4) is 0 Å². The van der Waals surface area contributed by atoms with E-state index in [2.05, 4.69) is 0 Å². The summed E-state index contributed by atoms with van der Waals surface area (Å²) in [7, 11) is 0. The number of hydrogen-bond acceptors (Lipinski definition) is 5. The average molecular weight is 408 g/mol. The van der Waals surface area contributed by atoms with E-state index in [0.29, 0.717) is 36.4 Å². The van der Waals surface area contributed by atoms with E-state index >= 15 is 0 Å². The fourth-order valence-electron chi connectivity index (χ4n) is 3.41. The largest absolute Gasteiger partial charge is 0.467 e. The van der Waals surface area contributed by atoms with Gasteiger partial charge in [0.05, 0.1) is 23.9 Å². The average Bonchev–Trinajstić information content (AvgIpc) is 3.47. The molecule has 3 amide bonds. The summed E-state index contributed by atoms with van der Waals surface area (Å²) in [6, 6.07) is 12.4. The predicted octanol–water partition coefficient (Wildman–Crippen LogP) is 3.95. The third-order valence-electron chi connectivity index (χ3n) is 4.88. The highest BCUT2D eigenvalue weighted by molar-refractivity contribution is 7.07. The summed E-state index contributed by atoms with van der Waals surface area (Å²) >= 11 is 1.59. The van der Waals surface area contributed by atoms with Crippen LogP contribution in [0.4, 0.5) is 0 Å². The van der Waals surface area contributed by atoms with Gasteiger partial charge in [-0.1, -0.05) is 12.1 Å². The molecule has 0 spiro atoms. The standard InChI is InChI=1S/C22H20N2O4S/c25-20(23(13-16-9-12-29-15-16)14-17-5-4-11-28-17)8-3-10-24-21(26)18-6-1-2-7-19(18)22(24)27/h1-2,4-7,9,11-12,15H,3,8,10,13-14H2. The number of hydrogen-bond donors (Lipinski definition) is 0. The third-order valence-corrected chi connectivity index (χ3v) is 5.62. The van der Waals surface area contributed by atoms with Crippen LogP contribution in [-0.2, 0) is 17.9 Å². The van der Waals surface area contributed by atoms with Crippen LogP contribution >= 0.6 is 11.3 Å². The molecule has 0 saturated heterocycles. The van der Waals surface area contributed by atoms with Crippen LogP contribution in [0.5, 0.6) is 0 Å². The lowest BCUT2D eigenvalue weighted by molar-refractivity contribution is -0.132. The molecule has 7 heteroatoms. The van der Waals surface area contributed by atoms with E-state index in [1.165, 1.54) is 4.90 Å². The summed E-state index contributed by atoms with van der Waals surface area (Å²) in [5, 5.41) is 3.99. The molecule has 3 aromatic rings. The molecular formula is C22H20N2O4S. The summed E-state index contributed by atoms with van der Waals surface area (Å²) in [6.07, 6.45) is 2.26. The van der Waals surface area contributed by atoms with Crippen LogP contribution in [0.25, 0.3) is 0 Å². The second kappa shape index (κ2) is 8.45. The number of amides is 3. The quantitative estimate of drug-likeness (QED) is 0.529. The number of carbonyl (C=O) groups is 3. The third kappa shape index (κ3) is 4.14. The Kier molecular flexibility index (Phi) is 5.57. The SMILES string of the molecule is O=C(CCCN1C(=O)c2ccccc2C1=O)N(Cc1ccsc1)Cc1ccco1. The topological polar surface area (TPSA) is 70.8 Å². The van der Waals surface area contributed by atoms with Crippen molar-refractivity contribution in [2.45, 2.75) is 25.9 Å². The first-order chi connectivity index (χ1) is 14.1. The van der Waals surface area contributed by atoms with Gasteiger partial charge in [0, 0.05) is 19.5 Å². The first-order valence-corrected chi connectivity index (χ1v) is 10.3. The smallest absolute Gasteiger partial charge is 0.261 e. The highest BCUT2D eigenvalue weighted by Crippen LogP contribution is 2.23. The van der Waals surface area contributed by atoms with Gasteiger partial charge in [0.1, 0.15) is 5.76 Å². The zero-order chi connectivity index (χ0) is 20.2. The lowest BCUT2D eigenvalue weighted by atomic mass is 10.1. The number of thiophene rings is 1. The van der Waals surface area contributed by atoms with Gasteiger partial charge in [-0.05, 0) is 53.1 Å². The molecule has 1 aromatic carbocycles. The van der Waals surface area contributed by atoms with Crippen LogP contribution in [0, 0.1) is 0 Å². The second-order valence-corrected chi connectivity index (χ2v) is 7.65. The second-order valence-electron chi connectivity index (χ2n) is 6.87. The van der Waals surface area contributed by atoms with Gasteiger partial charge in [0.2, 0.25) is 5.91 Å². The monoisotopic (exact) mass is 408 g/mol. The zero-order valence-corrected chi connectivity index (χ0v) is 16.6. The molecule has 0 radical (unpaired) electrons. The van der Waals surface area contributed by atoms with Crippen LogP contribution < -0.4 is 0 Å². The van der Waals surface area contributed by atoms with Gasteiger partial charge < -0.3 is 9.32 Å². The highest BCUT2D eigenvalue weighted by Gasteiger charge is 2.34. The Bertz CT molecular complexity index is 940. The zero-order valence-electron chi connectivity index (χ0n) is 15.7.